The summed E-state index contributed by atoms with van der Waals surface area (Å²) in [4.78, 5) is 0. The molecular formula is C16H25NO3. The molecule has 1 aromatic rings. The minimum absolute atomic E-state index is 0.00280. The summed E-state index contributed by atoms with van der Waals surface area (Å²) < 4.78 is 17.0. The molecule has 4 heteroatoms. The number of hydrogen-bond acceptors (Lipinski definition) is 4. The highest BCUT2D eigenvalue weighted by Gasteiger charge is 2.26. The molecule has 0 aliphatic carbocycles. The highest BCUT2D eigenvalue weighted by atomic mass is 16.5. The maximum Gasteiger partial charge on any atom is 0.125 e. The number of hydrogen-bond donors (Lipinski definition) is 1. The van der Waals surface area contributed by atoms with Gasteiger partial charge in [0.2, 0.25) is 0 Å². The molecule has 1 atom stereocenters. The molecule has 1 aromatic carbocycles. The minimum Gasteiger partial charge on any atom is -0.496 e. The van der Waals surface area contributed by atoms with Crippen molar-refractivity contribution in [2.75, 3.05) is 33.9 Å². The molecule has 0 saturated carbocycles. The van der Waals surface area contributed by atoms with Gasteiger partial charge in [-0.1, -0.05) is 20.8 Å². The molecule has 1 heterocycles. The van der Waals surface area contributed by atoms with Crippen LogP contribution in [0, 0.1) is 0 Å². The van der Waals surface area contributed by atoms with Gasteiger partial charge in [0.05, 0.1) is 26.9 Å². The topological polar surface area (TPSA) is 39.7 Å². The van der Waals surface area contributed by atoms with E-state index in [4.69, 9.17) is 14.2 Å². The van der Waals surface area contributed by atoms with E-state index in [1.54, 1.807) is 14.2 Å². The summed E-state index contributed by atoms with van der Waals surface area (Å²) in [5, 5.41) is 3.35. The van der Waals surface area contributed by atoms with Gasteiger partial charge < -0.3 is 19.5 Å². The molecule has 2 rings (SSSR count). The van der Waals surface area contributed by atoms with Crippen molar-refractivity contribution in [3.63, 3.8) is 0 Å². The van der Waals surface area contributed by atoms with Crippen LogP contribution in [0.5, 0.6) is 11.5 Å². The van der Waals surface area contributed by atoms with E-state index in [1.807, 2.05) is 0 Å². The van der Waals surface area contributed by atoms with Crippen LogP contribution in [0.15, 0.2) is 12.1 Å². The SMILES string of the molecule is COc1cc(C(C)(C)C)c(OC)cc1C1CNCCO1. The van der Waals surface area contributed by atoms with Gasteiger partial charge >= 0.3 is 0 Å². The fraction of sp³-hybridized carbons (Fsp3) is 0.625. The van der Waals surface area contributed by atoms with Gasteiger partial charge in [-0.25, -0.2) is 0 Å². The van der Waals surface area contributed by atoms with Gasteiger partial charge in [-0.3, -0.25) is 0 Å². The number of rotatable bonds is 3. The minimum atomic E-state index is 0.00280. The number of morpholine rings is 1. The van der Waals surface area contributed by atoms with Crippen LogP contribution in [0.4, 0.5) is 0 Å². The molecule has 1 saturated heterocycles. The highest BCUT2D eigenvalue weighted by Crippen LogP contribution is 2.39. The van der Waals surface area contributed by atoms with Crippen molar-refractivity contribution in [2.24, 2.45) is 0 Å². The number of methoxy groups -OCH3 is 2. The molecule has 20 heavy (non-hydrogen) atoms. The van der Waals surface area contributed by atoms with Crippen LogP contribution in [0.1, 0.15) is 38.0 Å². The molecule has 0 radical (unpaired) electrons. The van der Waals surface area contributed by atoms with Crippen LogP contribution in [0.2, 0.25) is 0 Å². The Labute approximate surface area is 121 Å². The summed E-state index contributed by atoms with van der Waals surface area (Å²) in [6.07, 6.45) is 0.0154. The molecular weight excluding hydrogens is 254 g/mol. The van der Waals surface area contributed by atoms with Gasteiger partial charge in [-0.15, -0.1) is 0 Å². The smallest absolute Gasteiger partial charge is 0.125 e. The Morgan fingerprint density at radius 3 is 2.35 bits per heavy atom. The van der Waals surface area contributed by atoms with Crippen molar-refractivity contribution in [2.45, 2.75) is 32.3 Å². The van der Waals surface area contributed by atoms with Crippen molar-refractivity contribution in [1.29, 1.82) is 0 Å². The molecule has 1 N–H and O–H groups in total. The molecule has 0 aromatic heterocycles. The summed E-state index contributed by atoms with van der Waals surface area (Å²) in [5.74, 6) is 1.76. The molecule has 0 spiro atoms. The zero-order valence-electron chi connectivity index (χ0n) is 13.1. The van der Waals surface area contributed by atoms with Crippen molar-refractivity contribution in [1.82, 2.24) is 5.32 Å². The van der Waals surface area contributed by atoms with Crippen LogP contribution in [0.3, 0.4) is 0 Å². The quantitative estimate of drug-likeness (QED) is 0.923. The summed E-state index contributed by atoms with van der Waals surface area (Å²) in [7, 11) is 3.41. The van der Waals surface area contributed by atoms with E-state index in [9.17, 15) is 0 Å². The van der Waals surface area contributed by atoms with Gasteiger partial charge in [-0.2, -0.15) is 0 Å². The lowest BCUT2D eigenvalue weighted by atomic mass is 9.85. The Bertz CT molecular complexity index is 460. The maximum atomic E-state index is 5.83. The summed E-state index contributed by atoms with van der Waals surface area (Å²) in [5.41, 5.74) is 2.19. The Balaban J connectivity index is 2.46. The second kappa shape index (κ2) is 6.02. The van der Waals surface area contributed by atoms with E-state index in [-0.39, 0.29) is 11.5 Å². The first kappa shape index (κ1) is 15.1. The van der Waals surface area contributed by atoms with E-state index in [2.05, 4.69) is 38.2 Å². The van der Waals surface area contributed by atoms with Crippen molar-refractivity contribution < 1.29 is 14.2 Å². The van der Waals surface area contributed by atoms with Crippen LogP contribution < -0.4 is 14.8 Å². The van der Waals surface area contributed by atoms with Crippen LogP contribution in [-0.4, -0.2) is 33.9 Å². The first-order valence-corrected chi connectivity index (χ1v) is 7.06. The third kappa shape index (κ3) is 3.07. The molecule has 4 nitrogen and oxygen atoms in total. The summed E-state index contributed by atoms with van der Waals surface area (Å²) in [6, 6.07) is 4.13. The molecule has 0 bridgehead atoms. The van der Waals surface area contributed by atoms with E-state index < -0.39 is 0 Å². The lowest BCUT2D eigenvalue weighted by Crippen LogP contribution is -2.33. The fourth-order valence-electron chi connectivity index (χ4n) is 2.52. The van der Waals surface area contributed by atoms with Gasteiger partial charge in [-0.05, 0) is 17.5 Å². The molecule has 0 amide bonds. The number of ether oxygens (including phenoxy) is 3. The van der Waals surface area contributed by atoms with Gasteiger partial charge in [0.25, 0.3) is 0 Å². The summed E-state index contributed by atoms with van der Waals surface area (Å²) in [6.45, 7) is 8.93. The molecule has 1 fully saturated rings. The van der Waals surface area contributed by atoms with Crippen molar-refractivity contribution >= 4 is 0 Å². The maximum absolute atomic E-state index is 5.83. The third-order valence-corrected chi connectivity index (χ3v) is 3.63. The molecule has 112 valence electrons. The normalized spacial score (nSPS) is 19.8. The van der Waals surface area contributed by atoms with E-state index in [1.165, 1.54) is 0 Å². The monoisotopic (exact) mass is 279 g/mol. The average Bonchev–Trinajstić information content (AvgIpc) is 2.45. The van der Waals surface area contributed by atoms with E-state index in [0.29, 0.717) is 0 Å². The first-order valence-electron chi connectivity index (χ1n) is 7.06. The second-order valence-electron chi connectivity index (χ2n) is 6.11. The standard InChI is InChI=1S/C16H25NO3/c1-16(2,3)12-9-13(18-4)11(8-14(12)19-5)15-10-17-6-7-20-15/h8-9,15,17H,6-7,10H2,1-5H3. The molecule has 1 unspecified atom stereocenters. The average molecular weight is 279 g/mol. The van der Waals surface area contributed by atoms with Gasteiger partial charge in [0.1, 0.15) is 11.5 Å². The largest absolute Gasteiger partial charge is 0.496 e. The first-order chi connectivity index (χ1) is 9.47. The molecule has 1 aliphatic rings. The zero-order chi connectivity index (χ0) is 14.8. The van der Waals surface area contributed by atoms with Crippen LogP contribution in [0.25, 0.3) is 0 Å². The Morgan fingerprint density at radius 2 is 1.85 bits per heavy atom. The third-order valence-electron chi connectivity index (χ3n) is 3.63. The van der Waals surface area contributed by atoms with Crippen LogP contribution in [-0.2, 0) is 10.2 Å². The zero-order valence-corrected chi connectivity index (χ0v) is 13.1. The predicted molar refractivity (Wildman–Crippen MR) is 79.8 cm³/mol. The van der Waals surface area contributed by atoms with Crippen LogP contribution >= 0.6 is 0 Å². The number of benzene rings is 1. The fourth-order valence-corrected chi connectivity index (χ4v) is 2.52. The second-order valence-corrected chi connectivity index (χ2v) is 6.11. The Hall–Kier alpha value is -1.26. The Morgan fingerprint density at radius 1 is 1.15 bits per heavy atom. The van der Waals surface area contributed by atoms with Gasteiger partial charge in [0.15, 0.2) is 0 Å². The lowest BCUT2D eigenvalue weighted by Gasteiger charge is -2.28. The van der Waals surface area contributed by atoms with Crippen molar-refractivity contribution in [3.8, 4) is 11.5 Å². The molecule has 1 aliphatic heterocycles. The van der Waals surface area contributed by atoms with E-state index in [0.717, 1.165) is 42.3 Å². The number of nitrogens with one attached hydrogen (secondary N) is 1. The predicted octanol–water partition coefficient (Wildman–Crippen LogP) is 2.66. The summed E-state index contributed by atoms with van der Waals surface area (Å²) >= 11 is 0. The van der Waals surface area contributed by atoms with E-state index >= 15 is 0 Å². The van der Waals surface area contributed by atoms with Gasteiger partial charge in [0, 0.05) is 24.2 Å². The Kier molecular flexibility index (Phi) is 4.55. The highest BCUT2D eigenvalue weighted by molar-refractivity contribution is 5.50. The lowest BCUT2D eigenvalue weighted by molar-refractivity contribution is 0.0261. The van der Waals surface area contributed by atoms with Crippen molar-refractivity contribution in [3.05, 3.63) is 23.3 Å².